The van der Waals surface area contributed by atoms with Crippen molar-refractivity contribution in [3.05, 3.63) is 137 Å². The van der Waals surface area contributed by atoms with Gasteiger partial charge in [0.2, 0.25) is 0 Å². The Hall–Kier alpha value is -5.89. The highest BCUT2D eigenvalue weighted by molar-refractivity contribution is 6.62. The Bertz CT molecular complexity index is 2420. The zero-order valence-electron chi connectivity index (χ0n) is 38.6. The van der Waals surface area contributed by atoms with E-state index in [1.54, 1.807) is 55.0 Å². The van der Waals surface area contributed by atoms with Crippen LogP contribution in [0.15, 0.2) is 110 Å². The Morgan fingerprint density at radius 1 is 0.656 bits per heavy atom. The van der Waals surface area contributed by atoms with Crippen LogP contribution in [-0.2, 0) is 9.31 Å². The SMILES string of the molecule is CCCC(Nc1cncc(-c2ccc(O)c(OC)c2)n1)c1cccc(C)c1.CCCC(Nc1cncc(Cl)n1)c1cccc(C)c1.COc1cc(B2OC(C)(C)C(C)(C)O2)ccc1O. The van der Waals surface area contributed by atoms with Crippen LogP contribution in [0.1, 0.15) is 102 Å². The van der Waals surface area contributed by atoms with E-state index in [0.29, 0.717) is 22.5 Å². The number of methoxy groups -OCH3 is 2. The maximum absolute atomic E-state index is 9.79. The summed E-state index contributed by atoms with van der Waals surface area (Å²) in [6.07, 6.45) is 10.9. The average molecular weight is 889 g/mol. The van der Waals surface area contributed by atoms with Crippen molar-refractivity contribution in [2.24, 2.45) is 0 Å². The van der Waals surface area contributed by atoms with Gasteiger partial charge in [0.15, 0.2) is 23.0 Å². The van der Waals surface area contributed by atoms with Crippen LogP contribution in [0.5, 0.6) is 23.0 Å². The van der Waals surface area contributed by atoms with Crippen molar-refractivity contribution in [1.82, 2.24) is 19.9 Å². The molecule has 64 heavy (non-hydrogen) atoms. The Labute approximate surface area is 384 Å². The lowest BCUT2D eigenvalue weighted by atomic mass is 9.79. The lowest BCUT2D eigenvalue weighted by Crippen LogP contribution is -2.41. The molecular formula is C50H62BClN6O6. The molecule has 1 fully saturated rings. The minimum absolute atomic E-state index is 0.103. The van der Waals surface area contributed by atoms with Crippen molar-refractivity contribution in [2.45, 2.75) is 104 Å². The van der Waals surface area contributed by atoms with Gasteiger partial charge in [-0.15, -0.1) is 0 Å². The first kappa shape index (κ1) is 49.1. The van der Waals surface area contributed by atoms with Crippen LogP contribution in [-0.4, -0.2) is 62.7 Å². The molecule has 3 heterocycles. The molecule has 12 nitrogen and oxygen atoms in total. The Morgan fingerprint density at radius 2 is 1.16 bits per heavy atom. The molecule has 6 aromatic rings. The maximum Gasteiger partial charge on any atom is 0.494 e. The summed E-state index contributed by atoms with van der Waals surface area (Å²) in [6.45, 7) is 16.6. The molecule has 0 aliphatic carbocycles. The molecule has 2 aromatic heterocycles. The predicted molar refractivity (Wildman–Crippen MR) is 258 cm³/mol. The van der Waals surface area contributed by atoms with Crippen LogP contribution in [0.3, 0.4) is 0 Å². The Kier molecular flexibility index (Phi) is 17.4. The molecule has 1 saturated heterocycles. The van der Waals surface area contributed by atoms with Gasteiger partial charge in [-0.1, -0.05) is 104 Å². The standard InChI is InChI=1S/C22H25N3O2.C15H18ClN3.C13H19BO4/c1-4-6-18(16-8-5-7-15(2)11-16)24-22-14-23-13-19(25-22)17-9-10-20(26)21(12-17)27-3;1-3-5-13(12-7-4-6-11(2)8-12)18-15-10-17-9-14(16)19-15;1-12(2)13(3,4)18-14(17-12)9-6-7-10(15)11(8-9)16-5/h5,7-14,18,26H,4,6H2,1-3H3,(H,24,25);4,6-10,13H,3,5H2,1-2H3,(H,18,19);6-8,15H,1-5H3. The number of phenolic OH excluding ortho intramolecular Hbond substituents is 2. The van der Waals surface area contributed by atoms with Crippen molar-refractivity contribution < 1.29 is 29.0 Å². The molecule has 338 valence electrons. The summed E-state index contributed by atoms with van der Waals surface area (Å²) in [6, 6.07) is 27.7. The number of aryl methyl sites for hydroxylation is 2. The summed E-state index contributed by atoms with van der Waals surface area (Å²) in [5, 5.41) is 26.7. The summed E-state index contributed by atoms with van der Waals surface area (Å²) in [5.41, 5.74) is 6.67. The van der Waals surface area contributed by atoms with Crippen molar-refractivity contribution >= 4 is 35.8 Å². The van der Waals surface area contributed by atoms with Crippen LogP contribution in [0.2, 0.25) is 5.15 Å². The number of halogens is 1. The monoisotopic (exact) mass is 888 g/mol. The van der Waals surface area contributed by atoms with Crippen molar-refractivity contribution in [1.29, 1.82) is 0 Å². The number of nitrogens with one attached hydrogen (secondary N) is 2. The summed E-state index contributed by atoms with van der Waals surface area (Å²) in [4.78, 5) is 17.3. The number of hydrogen-bond acceptors (Lipinski definition) is 12. The first-order valence-electron chi connectivity index (χ1n) is 21.6. The fourth-order valence-corrected chi connectivity index (χ4v) is 7.14. The molecule has 1 aliphatic rings. The molecule has 0 spiro atoms. The lowest BCUT2D eigenvalue weighted by molar-refractivity contribution is 0.00578. The number of hydrogen-bond donors (Lipinski definition) is 4. The molecule has 0 radical (unpaired) electrons. The third-order valence-corrected chi connectivity index (χ3v) is 11.3. The van der Waals surface area contributed by atoms with E-state index in [-0.39, 0.29) is 34.8 Å². The number of phenols is 2. The molecule has 2 unspecified atom stereocenters. The normalized spacial score (nSPS) is 14.5. The third kappa shape index (κ3) is 13.3. The second-order valence-electron chi connectivity index (χ2n) is 16.7. The van der Waals surface area contributed by atoms with Crippen LogP contribution >= 0.6 is 11.6 Å². The highest BCUT2D eigenvalue weighted by atomic mass is 35.5. The summed E-state index contributed by atoms with van der Waals surface area (Å²) < 4.78 is 22.1. The van der Waals surface area contributed by atoms with Crippen molar-refractivity contribution in [2.75, 3.05) is 24.9 Å². The van der Waals surface area contributed by atoms with E-state index in [0.717, 1.165) is 48.2 Å². The fourth-order valence-electron chi connectivity index (χ4n) is 7.00. The number of anilines is 2. The smallest absolute Gasteiger partial charge is 0.494 e. The second-order valence-corrected chi connectivity index (χ2v) is 17.1. The average Bonchev–Trinajstić information content (AvgIpc) is 3.49. The van der Waals surface area contributed by atoms with Crippen LogP contribution in [0, 0.1) is 13.8 Å². The minimum Gasteiger partial charge on any atom is -0.504 e. The topological polar surface area (TPSA) is 153 Å². The molecule has 1 aliphatic heterocycles. The summed E-state index contributed by atoms with van der Waals surface area (Å²) in [7, 11) is 2.60. The highest BCUT2D eigenvalue weighted by Gasteiger charge is 2.51. The second kappa shape index (κ2) is 22.6. The number of rotatable bonds is 14. The van der Waals surface area contributed by atoms with Gasteiger partial charge in [0.05, 0.1) is 68.0 Å². The largest absolute Gasteiger partial charge is 0.504 e. The van der Waals surface area contributed by atoms with E-state index >= 15 is 0 Å². The highest BCUT2D eigenvalue weighted by Crippen LogP contribution is 2.37. The first-order chi connectivity index (χ1) is 30.6. The first-order valence-corrected chi connectivity index (χ1v) is 22.0. The molecule has 2 atom stereocenters. The van der Waals surface area contributed by atoms with Gasteiger partial charge in [-0.05, 0) is 101 Å². The van der Waals surface area contributed by atoms with Gasteiger partial charge in [0.25, 0.3) is 0 Å². The Morgan fingerprint density at radius 3 is 1.66 bits per heavy atom. The van der Waals surface area contributed by atoms with E-state index in [1.807, 2.05) is 27.7 Å². The number of aromatic nitrogens is 4. The molecular weight excluding hydrogens is 827 g/mol. The molecule has 0 saturated carbocycles. The Balaban J connectivity index is 0.000000186. The van der Waals surface area contributed by atoms with E-state index < -0.39 is 7.12 Å². The van der Waals surface area contributed by atoms with Gasteiger partial charge in [-0.25, -0.2) is 9.97 Å². The van der Waals surface area contributed by atoms with E-state index in [9.17, 15) is 10.2 Å². The number of nitrogens with zero attached hydrogens (tertiary/aromatic N) is 4. The van der Waals surface area contributed by atoms with Gasteiger partial charge in [0.1, 0.15) is 16.8 Å². The molecule has 0 bridgehead atoms. The number of aromatic hydroxyl groups is 2. The summed E-state index contributed by atoms with van der Waals surface area (Å²) in [5.74, 6) is 2.48. The van der Waals surface area contributed by atoms with E-state index in [1.165, 1.54) is 42.7 Å². The lowest BCUT2D eigenvalue weighted by Gasteiger charge is -2.32. The fraction of sp³-hybridized carbons (Fsp3) is 0.360. The zero-order chi connectivity index (χ0) is 46.4. The molecule has 14 heteroatoms. The maximum atomic E-state index is 9.79. The van der Waals surface area contributed by atoms with Crippen LogP contribution < -0.4 is 25.6 Å². The molecule has 4 aromatic carbocycles. The molecule has 0 amide bonds. The van der Waals surface area contributed by atoms with Gasteiger partial charge >= 0.3 is 7.12 Å². The van der Waals surface area contributed by atoms with Gasteiger partial charge in [0, 0.05) is 5.56 Å². The third-order valence-electron chi connectivity index (χ3n) is 11.1. The minimum atomic E-state index is -0.440. The zero-order valence-corrected chi connectivity index (χ0v) is 39.4. The van der Waals surface area contributed by atoms with Crippen molar-refractivity contribution in [3.63, 3.8) is 0 Å². The quantitative estimate of drug-likeness (QED) is 0.0770. The van der Waals surface area contributed by atoms with Crippen LogP contribution in [0.25, 0.3) is 11.3 Å². The van der Waals surface area contributed by atoms with Crippen molar-refractivity contribution in [3.8, 4) is 34.3 Å². The van der Waals surface area contributed by atoms with Crippen LogP contribution in [0.4, 0.5) is 11.6 Å². The van der Waals surface area contributed by atoms with E-state index in [4.69, 9.17) is 35.4 Å². The molecule has 7 rings (SSSR count). The summed E-state index contributed by atoms with van der Waals surface area (Å²) >= 11 is 5.86. The number of ether oxygens (including phenoxy) is 2. The number of benzene rings is 4. The van der Waals surface area contributed by atoms with Gasteiger partial charge in [-0.3, -0.25) is 9.97 Å². The van der Waals surface area contributed by atoms with Gasteiger partial charge in [-0.2, -0.15) is 0 Å². The van der Waals surface area contributed by atoms with E-state index in [2.05, 4.69) is 102 Å². The predicted octanol–water partition coefficient (Wildman–Crippen LogP) is 11.2. The van der Waals surface area contributed by atoms with Gasteiger partial charge < -0.3 is 39.6 Å². The molecule has 4 N–H and O–H groups in total.